The first-order valence-corrected chi connectivity index (χ1v) is 10.0. The molecule has 7 heteroatoms. The van der Waals surface area contributed by atoms with Crippen molar-refractivity contribution in [2.75, 3.05) is 0 Å². The van der Waals surface area contributed by atoms with Gasteiger partial charge in [-0.3, -0.25) is 0 Å². The minimum atomic E-state index is -2.41. The maximum absolute atomic E-state index is 12.4. The third kappa shape index (κ3) is 4.64. The van der Waals surface area contributed by atoms with E-state index in [1.807, 2.05) is 43.5 Å². The minimum Gasteiger partial charge on any atom is -1.00 e. The Hall–Kier alpha value is -1.71. The second kappa shape index (κ2) is 9.19. The molecule has 0 radical (unpaired) electrons. The molecule has 0 N–H and O–H groups in total. The second-order valence-corrected chi connectivity index (χ2v) is 8.03. The number of nitrogens with zero attached hydrogens (tertiary/aromatic N) is 1. The summed E-state index contributed by atoms with van der Waals surface area (Å²) in [6.45, 7) is 0. The summed E-state index contributed by atoms with van der Waals surface area (Å²) in [7, 11) is 2.05. The second-order valence-electron chi connectivity index (χ2n) is 5.91. The van der Waals surface area contributed by atoms with Crippen LogP contribution < -0.4 is 28.5 Å². The quantitative estimate of drug-likeness (QED) is 0.225. The molecule has 4 rings (SSSR count). The van der Waals surface area contributed by atoms with E-state index in [0.717, 1.165) is 16.3 Å². The van der Waals surface area contributed by atoms with Crippen molar-refractivity contribution in [2.24, 2.45) is 7.05 Å². The van der Waals surface area contributed by atoms with Crippen molar-refractivity contribution in [1.82, 2.24) is 0 Å². The van der Waals surface area contributed by atoms with Crippen LogP contribution in [0.15, 0.2) is 70.0 Å². The largest absolute Gasteiger partial charge is 1.00 e. The van der Waals surface area contributed by atoms with E-state index in [0.29, 0.717) is 22.4 Å². The average molecular weight is 527 g/mol. The van der Waals surface area contributed by atoms with Crippen molar-refractivity contribution in [3.8, 4) is 11.3 Å². The lowest BCUT2D eigenvalue weighted by Gasteiger charge is -2.01. The van der Waals surface area contributed by atoms with Gasteiger partial charge in [-0.05, 0) is 36.4 Å². The normalized spacial score (nSPS) is 11.4. The Morgan fingerprint density at radius 3 is 2.46 bits per heavy atom. The van der Waals surface area contributed by atoms with Gasteiger partial charge < -0.3 is 28.4 Å². The Kier molecular flexibility index (Phi) is 6.90. The molecular formula is C21H16F2INOS2. The summed E-state index contributed by atoms with van der Waals surface area (Å²) in [6.07, 6.45) is 3.98. The van der Waals surface area contributed by atoms with E-state index in [9.17, 15) is 8.78 Å². The molecule has 144 valence electrons. The summed E-state index contributed by atoms with van der Waals surface area (Å²) in [5.74, 6) is -0.955. The smallest absolute Gasteiger partial charge is 0.288 e. The van der Waals surface area contributed by atoms with E-state index in [2.05, 4.69) is 16.7 Å². The predicted molar refractivity (Wildman–Crippen MR) is 108 cm³/mol. The van der Waals surface area contributed by atoms with Gasteiger partial charge in [0.05, 0.1) is 0 Å². The summed E-state index contributed by atoms with van der Waals surface area (Å²) in [5.41, 5.74) is 2.06. The number of rotatable bonds is 5. The molecule has 28 heavy (non-hydrogen) atoms. The zero-order valence-corrected chi connectivity index (χ0v) is 18.6. The van der Waals surface area contributed by atoms with Crippen molar-refractivity contribution >= 4 is 45.5 Å². The fourth-order valence-corrected chi connectivity index (χ4v) is 4.37. The highest BCUT2D eigenvalue weighted by Gasteiger charge is 2.13. The lowest BCUT2D eigenvalue weighted by molar-refractivity contribution is -0.642. The van der Waals surface area contributed by atoms with Gasteiger partial charge in [0.1, 0.15) is 23.3 Å². The molecule has 0 bridgehead atoms. The van der Waals surface area contributed by atoms with Gasteiger partial charge in [0.2, 0.25) is 5.52 Å². The molecule has 0 saturated heterocycles. The Morgan fingerprint density at radius 2 is 1.75 bits per heavy atom. The molecule has 0 aliphatic rings. The molecular weight excluding hydrogens is 511 g/mol. The van der Waals surface area contributed by atoms with Crippen LogP contribution in [0.3, 0.4) is 0 Å². The highest BCUT2D eigenvalue weighted by Crippen LogP contribution is 2.29. The molecule has 2 aromatic carbocycles. The maximum atomic E-state index is 12.4. The third-order valence-corrected chi connectivity index (χ3v) is 6.06. The van der Waals surface area contributed by atoms with Crippen LogP contribution in [0.1, 0.15) is 10.8 Å². The van der Waals surface area contributed by atoms with E-state index in [1.54, 1.807) is 35.6 Å². The molecule has 2 heterocycles. The van der Waals surface area contributed by atoms with Crippen LogP contribution >= 0.6 is 23.1 Å². The number of hydrogen-bond donors (Lipinski definition) is 0. The maximum Gasteiger partial charge on any atom is 0.288 e. The zero-order valence-electron chi connectivity index (χ0n) is 14.8. The summed E-state index contributed by atoms with van der Waals surface area (Å²) < 4.78 is 34.1. The summed E-state index contributed by atoms with van der Waals surface area (Å²) >= 11 is 2.26. The predicted octanol–water partition coefficient (Wildman–Crippen LogP) is 3.47. The standard InChI is InChI=1S/C21H16F2NOS2.HI/c1-24-17-4-2-3-5-19(17)27-20(24)13-9-15-8-12-18(25-15)14-6-10-16(11-7-14)26-21(22)23;/h2-13,21H,1H3;1H/q+1;/p-1/b13-9+;. The van der Waals surface area contributed by atoms with Crippen LogP contribution in [0.4, 0.5) is 8.78 Å². The third-order valence-electron chi connectivity index (χ3n) is 4.15. The molecule has 0 spiro atoms. The Balaban J connectivity index is 0.00000225. The van der Waals surface area contributed by atoms with Crippen molar-refractivity contribution in [3.63, 3.8) is 0 Å². The molecule has 0 unspecified atom stereocenters. The van der Waals surface area contributed by atoms with Crippen LogP contribution in [0, 0.1) is 0 Å². The number of halogens is 3. The van der Waals surface area contributed by atoms with Gasteiger partial charge in [0, 0.05) is 22.6 Å². The van der Waals surface area contributed by atoms with Crippen molar-refractivity contribution < 1.29 is 41.7 Å². The Morgan fingerprint density at radius 1 is 1.00 bits per heavy atom. The first-order chi connectivity index (χ1) is 13.1. The summed E-state index contributed by atoms with van der Waals surface area (Å²) in [6, 6.07) is 19.0. The molecule has 0 fully saturated rings. The van der Waals surface area contributed by atoms with E-state index in [1.165, 1.54) is 10.2 Å². The van der Waals surface area contributed by atoms with Crippen molar-refractivity contribution in [2.45, 2.75) is 10.7 Å². The Labute approximate surface area is 186 Å². The number of aryl methyl sites for hydroxylation is 1. The van der Waals surface area contributed by atoms with E-state index in [-0.39, 0.29) is 24.0 Å². The van der Waals surface area contributed by atoms with Crippen LogP contribution in [-0.2, 0) is 7.05 Å². The number of aromatic nitrogens is 1. The first kappa shape index (κ1) is 21.0. The summed E-state index contributed by atoms with van der Waals surface area (Å²) in [5, 5.41) is 1.13. The number of furan rings is 1. The lowest BCUT2D eigenvalue weighted by Crippen LogP contribution is -3.00. The van der Waals surface area contributed by atoms with Gasteiger partial charge in [0.25, 0.3) is 10.8 Å². The molecule has 2 aromatic heterocycles. The molecule has 0 aliphatic carbocycles. The van der Waals surface area contributed by atoms with Crippen LogP contribution in [0.25, 0.3) is 33.7 Å². The average Bonchev–Trinajstić information content (AvgIpc) is 3.25. The van der Waals surface area contributed by atoms with Gasteiger partial charge in [-0.2, -0.15) is 13.3 Å². The molecule has 2 nitrogen and oxygen atoms in total. The molecule has 0 atom stereocenters. The van der Waals surface area contributed by atoms with Crippen molar-refractivity contribution in [3.05, 3.63) is 71.4 Å². The van der Waals surface area contributed by atoms with E-state index >= 15 is 0 Å². The van der Waals surface area contributed by atoms with Gasteiger partial charge in [-0.1, -0.05) is 47.4 Å². The lowest BCUT2D eigenvalue weighted by atomic mass is 10.2. The van der Waals surface area contributed by atoms with Gasteiger partial charge in [0.15, 0.2) is 0 Å². The molecule has 0 amide bonds. The monoisotopic (exact) mass is 527 g/mol. The van der Waals surface area contributed by atoms with Gasteiger partial charge in [-0.15, -0.1) is 0 Å². The number of alkyl halides is 2. The minimum absolute atomic E-state index is 0. The number of hydrogen-bond acceptors (Lipinski definition) is 3. The van der Waals surface area contributed by atoms with Crippen molar-refractivity contribution in [1.29, 1.82) is 0 Å². The van der Waals surface area contributed by atoms with E-state index in [4.69, 9.17) is 4.42 Å². The van der Waals surface area contributed by atoms with Crippen LogP contribution in [0.2, 0.25) is 0 Å². The highest BCUT2D eigenvalue weighted by molar-refractivity contribution is 7.99. The SMILES string of the molecule is C[n+]1c(/C=C/c2ccc(-c3ccc(SC(F)F)cc3)o2)sc2ccccc21.[I-]. The zero-order chi connectivity index (χ0) is 18.8. The molecule has 0 saturated carbocycles. The van der Waals surface area contributed by atoms with E-state index < -0.39 is 5.76 Å². The van der Waals surface area contributed by atoms with Gasteiger partial charge >= 0.3 is 0 Å². The first-order valence-electron chi connectivity index (χ1n) is 8.31. The van der Waals surface area contributed by atoms with Crippen LogP contribution in [0.5, 0.6) is 0 Å². The number of thioether (sulfide) groups is 1. The molecule has 0 aliphatic heterocycles. The molecule has 4 aromatic rings. The fourth-order valence-electron chi connectivity index (χ4n) is 2.82. The number of fused-ring (bicyclic) bond motifs is 1. The topological polar surface area (TPSA) is 17.0 Å². The number of thiazole rings is 1. The van der Waals surface area contributed by atoms with Gasteiger partial charge in [-0.25, -0.2) is 0 Å². The summed E-state index contributed by atoms with van der Waals surface area (Å²) in [4.78, 5) is 0.540. The highest BCUT2D eigenvalue weighted by atomic mass is 127. The Bertz CT molecular complexity index is 1100. The number of benzene rings is 2. The number of para-hydroxylation sites is 1. The fraction of sp³-hybridized carbons (Fsp3) is 0.0952. The van der Waals surface area contributed by atoms with Crippen LogP contribution in [-0.4, -0.2) is 5.76 Å².